The minimum absolute atomic E-state index is 0.353. The normalized spacial score (nSPS) is 18.4. The molecule has 96 valence electrons. The van der Waals surface area contributed by atoms with E-state index in [2.05, 4.69) is 42.6 Å². The lowest BCUT2D eigenvalue weighted by molar-refractivity contribution is 0.231. The summed E-state index contributed by atoms with van der Waals surface area (Å²) in [7, 11) is 0. The summed E-state index contributed by atoms with van der Waals surface area (Å²) in [6.07, 6.45) is 6.63. The molecule has 0 aromatic carbocycles. The zero-order valence-electron chi connectivity index (χ0n) is 11.5. The Kier molecular flexibility index (Phi) is 3.57. The highest BCUT2D eigenvalue weighted by atomic mass is 15.1. The number of aromatic nitrogens is 2. The van der Waals surface area contributed by atoms with Gasteiger partial charge in [0.1, 0.15) is 0 Å². The summed E-state index contributed by atoms with van der Waals surface area (Å²) in [6, 6.07) is 0.762. The first kappa shape index (κ1) is 12.6. The molecule has 17 heavy (non-hydrogen) atoms. The van der Waals surface area contributed by atoms with Crippen molar-refractivity contribution in [2.24, 2.45) is 11.3 Å². The average molecular weight is 235 g/mol. The van der Waals surface area contributed by atoms with Crippen molar-refractivity contribution in [1.29, 1.82) is 0 Å². The third-order valence-electron chi connectivity index (χ3n) is 3.90. The zero-order chi connectivity index (χ0) is 12.5. The van der Waals surface area contributed by atoms with Gasteiger partial charge in [-0.2, -0.15) is 0 Å². The molecule has 0 spiro atoms. The third kappa shape index (κ3) is 3.56. The highest BCUT2D eigenvalue weighted by molar-refractivity contribution is 5.00. The van der Waals surface area contributed by atoms with E-state index in [9.17, 15) is 0 Å². The molecule has 1 fully saturated rings. The lowest BCUT2D eigenvalue weighted by Crippen LogP contribution is -2.24. The molecule has 1 unspecified atom stereocenters. The van der Waals surface area contributed by atoms with E-state index in [1.165, 1.54) is 18.5 Å². The molecule has 0 radical (unpaired) electrons. The molecule has 1 aromatic rings. The van der Waals surface area contributed by atoms with Crippen LogP contribution in [0.2, 0.25) is 0 Å². The largest absolute Gasteiger partial charge is 0.333 e. The molecule has 3 nitrogen and oxygen atoms in total. The summed E-state index contributed by atoms with van der Waals surface area (Å²) in [6.45, 7) is 11.2. The molecule has 3 heteroatoms. The van der Waals surface area contributed by atoms with Crippen LogP contribution >= 0.6 is 0 Å². The maximum atomic E-state index is 4.28. The topological polar surface area (TPSA) is 29.9 Å². The van der Waals surface area contributed by atoms with Gasteiger partial charge in [-0.3, -0.25) is 0 Å². The van der Waals surface area contributed by atoms with Crippen molar-refractivity contribution in [3.05, 3.63) is 18.2 Å². The van der Waals surface area contributed by atoms with Crippen LogP contribution in [-0.4, -0.2) is 15.6 Å². The molecule has 0 aliphatic heterocycles. The van der Waals surface area contributed by atoms with Crippen molar-refractivity contribution < 1.29 is 0 Å². The summed E-state index contributed by atoms with van der Waals surface area (Å²) in [5.41, 5.74) is 1.67. The van der Waals surface area contributed by atoms with Crippen LogP contribution < -0.4 is 5.32 Å². The van der Waals surface area contributed by atoms with Gasteiger partial charge in [-0.05, 0) is 24.2 Å². The van der Waals surface area contributed by atoms with Gasteiger partial charge in [0.25, 0.3) is 0 Å². The number of hydrogen-bond donors (Lipinski definition) is 1. The molecule has 1 N–H and O–H groups in total. The lowest BCUT2D eigenvalue weighted by atomic mass is 9.82. The Bertz CT molecular complexity index is 358. The van der Waals surface area contributed by atoms with Crippen LogP contribution in [0, 0.1) is 11.3 Å². The SMILES string of the molecule is CC(Cn1cncc1CNC1CC1)C(C)(C)C. The number of rotatable bonds is 5. The van der Waals surface area contributed by atoms with Crippen LogP contribution in [0.3, 0.4) is 0 Å². The maximum Gasteiger partial charge on any atom is 0.0948 e. The molecule has 1 heterocycles. The third-order valence-corrected chi connectivity index (χ3v) is 3.90. The predicted octanol–water partition coefficient (Wildman–Crippen LogP) is 2.82. The lowest BCUT2D eigenvalue weighted by Gasteiger charge is -2.28. The highest BCUT2D eigenvalue weighted by Crippen LogP contribution is 2.27. The quantitative estimate of drug-likeness (QED) is 0.850. The Balaban J connectivity index is 1.93. The molecule has 1 atom stereocenters. The number of nitrogens with zero attached hydrogens (tertiary/aromatic N) is 2. The Hall–Kier alpha value is -0.830. The van der Waals surface area contributed by atoms with E-state index in [4.69, 9.17) is 0 Å². The number of hydrogen-bond acceptors (Lipinski definition) is 2. The van der Waals surface area contributed by atoms with Gasteiger partial charge in [-0.25, -0.2) is 4.98 Å². The van der Waals surface area contributed by atoms with Crippen LogP contribution in [0.25, 0.3) is 0 Å². The molecule has 2 rings (SSSR count). The predicted molar refractivity (Wildman–Crippen MR) is 70.7 cm³/mol. The smallest absolute Gasteiger partial charge is 0.0948 e. The minimum atomic E-state index is 0.353. The van der Waals surface area contributed by atoms with Crippen molar-refractivity contribution in [3.63, 3.8) is 0 Å². The summed E-state index contributed by atoms with van der Waals surface area (Å²) in [4.78, 5) is 4.28. The maximum absolute atomic E-state index is 4.28. The van der Waals surface area contributed by atoms with Crippen molar-refractivity contribution in [1.82, 2.24) is 14.9 Å². The second-order valence-corrected chi connectivity index (χ2v) is 6.46. The van der Waals surface area contributed by atoms with Gasteiger partial charge in [0.05, 0.1) is 12.0 Å². The number of imidazole rings is 1. The van der Waals surface area contributed by atoms with E-state index >= 15 is 0 Å². The van der Waals surface area contributed by atoms with E-state index in [-0.39, 0.29) is 0 Å². The molecular weight excluding hydrogens is 210 g/mol. The second-order valence-electron chi connectivity index (χ2n) is 6.46. The van der Waals surface area contributed by atoms with E-state index in [1.807, 2.05) is 12.5 Å². The molecule has 1 saturated carbocycles. The van der Waals surface area contributed by atoms with Crippen LogP contribution in [0.15, 0.2) is 12.5 Å². The summed E-state index contributed by atoms with van der Waals surface area (Å²) >= 11 is 0. The minimum Gasteiger partial charge on any atom is -0.333 e. The Morgan fingerprint density at radius 2 is 2.18 bits per heavy atom. The van der Waals surface area contributed by atoms with Crippen LogP contribution in [0.5, 0.6) is 0 Å². The summed E-state index contributed by atoms with van der Waals surface area (Å²) in [5, 5.41) is 3.55. The van der Waals surface area contributed by atoms with Gasteiger partial charge in [0.2, 0.25) is 0 Å². The Morgan fingerprint density at radius 1 is 1.47 bits per heavy atom. The molecular formula is C14H25N3. The van der Waals surface area contributed by atoms with E-state index in [1.54, 1.807) is 0 Å². The molecule has 1 aliphatic carbocycles. The van der Waals surface area contributed by atoms with Crippen molar-refractivity contribution in [2.45, 2.75) is 59.7 Å². The van der Waals surface area contributed by atoms with E-state index in [0.29, 0.717) is 11.3 Å². The van der Waals surface area contributed by atoms with Crippen molar-refractivity contribution in [3.8, 4) is 0 Å². The summed E-state index contributed by atoms with van der Waals surface area (Å²) < 4.78 is 2.30. The summed E-state index contributed by atoms with van der Waals surface area (Å²) in [5.74, 6) is 0.649. The average Bonchev–Trinajstić information content (AvgIpc) is 2.96. The first-order valence-corrected chi connectivity index (χ1v) is 6.69. The monoisotopic (exact) mass is 235 g/mol. The van der Waals surface area contributed by atoms with Crippen LogP contribution in [0.4, 0.5) is 0 Å². The van der Waals surface area contributed by atoms with Gasteiger partial charge in [0, 0.05) is 25.3 Å². The van der Waals surface area contributed by atoms with Gasteiger partial charge in [0.15, 0.2) is 0 Å². The fourth-order valence-electron chi connectivity index (χ4n) is 1.77. The number of nitrogens with one attached hydrogen (secondary N) is 1. The van der Waals surface area contributed by atoms with E-state index in [0.717, 1.165) is 19.1 Å². The second kappa shape index (κ2) is 4.81. The van der Waals surface area contributed by atoms with Crippen LogP contribution in [0.1, 0.15) is 46.2 Å². The first-order valence-electron chi connectivity index (χ1n) is 6.69. The fourth-order valence-corrected chi connectivity index (χ4v) is 1.77. The van der Waals surface area contributed by atoms with Crippen molar-refractivity contribution >= 4 is 0 Å². The van der Waals surface area contributed by atoms with Gasteiger partial charge in [-0.15, -0.1) is 0 Å². The molecule has 0 amide bonds. The highest BCUT2D eigenvalue weighted by Gasteiger charge is 2.22. The van der Waals surface area contributed by atoms with Crippen LogP contribution in [-0.2, 0) is 13.1 Å². The molecule has 0 saturated heterocycles. The molecule has 1 aliphatic rings. The zero-order valence-corrected chi connectivity index (χ0v) is 11.5. The van der Waals surface area contributed by atoms with Crippen molar-refractivity contribution in [2.75, 3.05) is 0 Å². The molecule has 1 aromatic heterocycles. The molecule has 0 bridgehead atoms. The Morgan fingerprint density at radius 3 is 2.76 bits per heavy atom. The van der Waals surface area contributed by atoms with Gasteiger partial charge < -0.3 is 9.88 Å². The standard InChI is InChI=1S/C14H25N3/c1-11(14(2,3)4)9-17-10-15-7-13(17)8-16-12-5-6-12/h7,10-12,16H,5-6,8-9H2,1-4H3. The van der Waals surface area contributed by atoms with Gasteiger partial charge >= 0.3 is 0 Å². The first-order chi connectivity index (χ1) is 7.97. The Labute approximate surface area is 105 Å². The van der Waals surface area contributed by atoms with Gasteiger partial charge in [-0.1, -0.05) is 27.7 Å². The fraction of sp³-hybridized carbons (Fsp3) is 0.786. The van der Waals surface area contributed by atoms with E-state index < -0.39 is 0 Å².